The number of hydrogen-bond acceptors (Lipinski definition) is 8. The maximum atomic E-state index is 12.7. The van der Waals surface area contributed by atoms with Gasteiger partial charge in [-0.05, 0) is 63.3 Å². The summed E-state index contributed by atoms with van der Waals surface area (Å²) in [5.74, 6) is 1.04. The molecule has 1 fully saturated rings. The second kappa shape index (κ2) is 10.1. The van der Waals surface area contributed by atoms with Crippen molar-refractivity contribution < 1.29 is 14.6 Å². The molecule has 0 aromatic carbocycles. The number of nitriles is 1. The van der Waals surface area contributed by atoms with Gasteiger partial charge in [-0.3, -0.25) is 9.79 Å². The summed E-state index contributed by atoms with van der Waals surface area (Å²) in [5.41, 5.74) is 7.45. The van der Waals surface area contributed by atoms with E-state index in [0.717, 1.165) is 48.6 Å². The van der Waals surface area contributed by atoms with Crippen molar-refractivity contribution in [1.82, 2.24) is 14.6 Å². The minimum absolute atomic E-state index is 0.105. The summed E-state index contributed by atoms with van der Waals surface area (Å²) in [6, 6.07) is 8.00. The molecule has 0 radical (unpaired) electrons. The summed E-state index contributed by atoms with van der Waals surface area (Å²) in [5, 5.41) is 24.1. The molecule has 40 heavy (non-hydrogen) atoms. The second-order valence-electron chi connectivity index (χ2n) is 11.7. The molecule has 3 N–H and O–H groups in total. The van der Waals surface area contributed by atoms with Gasteiger partial charge in [-0.2, -0.15) is 10.4 Å². The number of anilines is 1. The van der Waals surface area contributed by atoms with E-state index in [9.17, 15) is 15.2 Å². The highest BCUT2D eigenvalue weighted by Gasteiger charge is 2.52. The zero-order valence-electron chi connectivity index (χ0n) is 23.4. The molecule has 0 spiro atoms. The topological polar surface area (TPSA) is 142 Å². The number of fused-ring (bicyclic) bond motifs is 1. The Morgan fingerprint density at radius 2 is 2.02 bits per heavy atom. The number of nitrogens with zero attached hydrogens (tertiary/aromatic N) is 6. The molecular formula is C30H35N7O3. The first kappa shape index (κ1) is 27.3. The third-order valence-electron chi connectivity index (χ3n) is 8.25. The van der Waals surface area contributed by atoms with Crippen LogP contribution < -0.4 is 15.4 Å². The molecule has 2 aliphatic heterocycles. The van der Waals surface area contributed by atoms with Crippen molar-refractivity contribution in [3.8, 4) is 22.9 Å². The molecule has 10 nitrogen and oxygen atoms in total. The number of primary amides is 1. The van der Waals surface area contributed by atoms with Crippen LogP contribution in [0.3, 0.4) is 0 Å². The van der Waals surface area contributed by atoms with E-state index in [-0.39, 0.29) is 17.9 Å². The van der Waals surface area contributed by atoms with Crippen molar-refractivity contribution in [1.29, 1.82) is 5.26 Å². The van der Waals surface area contributed by atoms with Gasteiger partial charge in [0.1, 0.15) is 24.2 Å². The largest absolute Gasteiger partial charge is 0.489 e. The van der Waals surface area contributed by atoms with Crippen LogP contribution >= 0.6 is 0 Å². The summed E-state index contributed by atoms with van der Waals surface area (Å²) in [7, 11) is 0. The molecule has 0 bridgehead atoms. The maximum Gasteiger partial charge on any atom is 0.229 e. The Bertz CT molecular complexity index is 1530. The van der Waals surface area contributed by atoms with Crippen molar-refractivity contribution in [2.75, 3.05) is 31.1 Å². The number of amides is 1. The number of aliphatic imine (C=N–C) groups is 1. The number of ether oxygens (including phenoxy) is 1. The SMILES string of the molecule is CC1=NCC(C(N)=O)(C2(C)CCN(c3ccc(-c4cc(OCC(C)(C)O)cn5ncc(C#N)c45)cn3)CC2)C=C1. The van der Waals surface area contributed by atoms with Crippen molar-refractivity contribution >= 4 is 23.0 Å². The highest BCUT2D eigenvalue weighted by atomic mass is 16.5. The number of dihydropyridines is 1. The number of pyridine rings is 2. The fourth-order valence-corrected chi connectivity index (χ4v) is 5.61. The lowest BCUT2D eigenvalue weighted by atomic mass is 9.58. The minimum Gasteiger partial charge on any atom is -0.489 e. The van der Waals surface area contributed by atoms with Crippen LogP contribution in [-0.4, -0.2) is 63.2 Å². The summed E-state index contributed by atoms with van der Waals surface area (Å²) in [4.78, 5) is 24.2. The number of hydrogen-bond donors (Lipinski definition) is 2. The lowest BCUT2D eigenvalue weighted by Crippen LogP contribution is -2.55. The molecule has 1 amide bonds. The number of piperidine rings is 1. The second-order valence-corrected chi connectivity index (χ2v) is 11.7. The van der Waals surface area contributed by atoms with Crippen LogP contribution in [0.2, 0.25) is 0 Å². The highest BCUT2D eigenvalue weighted by molar-refractivity contribution is 5.96. The van der Waals surface area contributed by atoms with Gasteiger partial charge in [-0.25, -0.2) is 9.50 Å². The molecule has 0 aliphatic carbocycles. The molecule has 1 saturated heterocycles. The van der Waals surface area contributed by atoms with Gasteiger partial charge in [-0.15, -0.1) is 0 Å². The molecular weight excluding hydrogens is 506 g/mol. The van der Waals surface area contributed by atoms with Crippen LogP contribution in [0.4, 0.5) is 5.82 Å². The summed E-state index contributed by atoms with van der Waals surface area (Å²) < 4.78 is 7.45. The third kappa shape index (κ3) is 4.93. The molecule has 5 rings (SSSR count). The van der Waals surface area contributed by atoms with Gasteiger partial charge in [0.2, 0.25) is 5.91 Å². The Kier molecular flexibility index (Phi) is 6.88. The van der Waals surface area contributed by atoms with Crippen molar-refractivity contribution in [3.05, 3.63) is 54.5 Å². The first-order valence-corrected chi connectivity index (χ1v) is 13.4. The van der Waals surface area contributed by atoms with Crippen LogP contribution in [0.1, 0.15) is 46.1 Å². The molecule has 3 aromatic rings. The Morgan fingerprint density at radius 3 is 2.60 bits per heavy atom. The molecule has 208 valence electrons. The van der Waals surface area contributed by atoms with Crippen LogP contribution in [0, 0.1) is 22.2 Å². The number of carbonyl (C=O) groups excluding carboxylic acids is 1. The monoisotopic (exact) mass is 541 g/mol. The fraction of sp³-hybridized carbons (Fsp3) is 0.433. The van der Waals surface area contributed by atoms with E-state index in [4.69, 9.17) is 15.5 Å². The molecule has 10 heteroatoms. The minimum atomic E-state index is -0.999. The first-order chi connectivity index (χ1) is 18.9. The van der Waals surface area contributed by atoms with Gasteiger partial charge in [0, 0.05) is 36.1 Å². The highest BCUT2D eigenvalue weighted by Crippen LogP contribution is 2.49. The number of rotatable bonds is 7. The van der Waals surface area contributed by atoms with Gasteiger partial charge in [0.05, 0.1) is 41.0 Å². The first-order valence-electron chi connectivity index (χ1n) is 13.4. The lowest BCUT2D eigenvalue weighted by molar-refractivity contribution is -0.131. The standard InChI is InChI=1S/C30H35N7O3/c1-20-7-8-30(18-34-20,27(32)38)29(4)9-11-36(12-10-29)25-6-5-21(15-33-25)24-13-23(40-19-28(2,3)39)17-37-26(24)22(14-31)16-35-37/h5-8,13,15-17,39H,9-12,18-19H2,1-4H3,(H2,32,38). The predicted octanol–water partition coefficient (Wildman–Crippen LogP) is 3.53. The summed E-state index contributed by atoms with van der Waals surface area (Å²) >= 11 is 0. The van der Waals surface area contributed by atoms with E-state index in [1.54, 1.807) is 30.8 Å². The van der Waals surface area contributed by atoms with E-state index in [2.05, 4.69) is 28.0 Å². The van der Waals surface area contributed by atoms with Gasteiger partial charge in [0.15, 0.2) is 0 Å². The van der Waals surface area contributed by atoms with Crippen LogP contribution in [-0.2, 0) is 4.79 Å². The number of carbonyl (C=O) groups is 1. The van der Waals surface area contributed by atoms with E-state index < -0.39 is 11.0 Å². The zero-order chi connectivity index (χ0) is 28.7. The smallest absolute Gasteiger partial charge is 0.229 e. The third-order valence-corrected chi connectivity index (χ3v) is 8.25. The van der Waals surface area contributed by atoms with Gasteiger partial charge >= 0.3 is 0 Å². The molecule has 2 aliphatic rings. The van der Waals surface area contributed by atoms with Crippen LogP contribution in [0.5, 0.6) is 5.75 Å². The molecule has 1 unspecified atom stereocenters. The van der Waals surface area contributed by atoms with E-state index in [1.807, 2.05) is 37.3 Å². The van der Waals surface area contributed by atoms with E-state index >= 15 is 0 Å². The predicted molar refractivity (Wildman–Crippen MR) is 153 cm³/mol. The number of allylic oxidation sites excluding steroid dienone is 1. The van der Waals surface area contributed by atoms with Gasteiger partial charge < -0.3 is 20.5 Å². The van der Waals surface area contributed by atoms with Crippen molar-refractivity contribution in [2.24, 2.45) is 21.6 Å². The molecule has 1 atom stereocenters. The Labute approximate surface area is 233 Å². The quantitative estimate of drug-likeness (QED) is 0.466. The molecule has 5 heterocycles. The van der Waals surface area contributed by atoms with Crippen molar-refractivity contribution in [3.63, 3.8) is 0 Å². The maximum absolute atomic E-state index is 12.7. The lowest BCUT2D eigenvalue weighted by Gasteiger charge is -2.50. The number of nitrogens with two attached hydrogens (primary N) is 1. The summed E-state index contributed by atoms with van der Waals surface area (Å²) in [6.45, 7) is 9.39. The van der Waals surface area contributed by atoms with Crippen molar-refractivity contribution in [2.45, 2.75) is 46.1 Å². The zero-order valence-corrected chi connectivity index (χ0v) is 23.4. The number of aliphatic hydroxyl groups is 1. The average Bonchev–Trinajstić information content (AvgIpc) is 3.35. The average molecular weight is 542 g/mol. The van der Waals surface area contributed by atoms with Crippen LogP contribution in [0.15, 0.2) is 53.9 Å². The van der Waals surface area contributed by atoms with E-state index in [0.29, 0.717) is 23.4 Å². The summed E-state index contributed by atoms with van der Waals surface area (Å²) in [6.07, 6.45) is 10.4. The fourth-order valence-electron chi connectivity index (χ4n) is 5.61. The Morgan fingerprint density at radius 1 is 1.27 bits per heavy atom. The van der Waals surface area contributed by atoms with Gasteiger partial charge in [-0.1, -0.05) is 13.0 Å². The van der Waals surface area contributed by atoms with E-state index in [1.165, 1.54) is 6.20 Å². The Balaban J connectivity index is 1.38. The molecule has 0 saturated carbocycles. The number of aromatic nitrogens is 3. The van der Waals surface area contributed by atoms with Gasteiger partial charge in [0.25, 0.3) is 0 Å². The normalized spacial score (nSPS) is 20.7. The Hall–Kier alpha value is -4.23. The molecule has 3 aromatic heterocycles. The van der Waals surface area contributed by atoms with Crippen LogP contribution in [0.25, 0.3) is 16.6 Å².